The zero-order valence-corrected chi connectivity index (χ0v) is 10.1. The van der Waals surface area contributed by atoms with E-state index in [1.54, 1.807) is 19.1 Å². The molecule has 0 aliphatic carbocycles. The fourth-order valence-corrected chi connectivity index (χ4v) is 1.29. The van der Waals surface area contributed by atoms with Crippen LogP contribution in [-0.4, -0.2) is 17.0 Å². The summed E-state index contributed by atoms with van der Waals surface area (Å²) in [4.78, 5) is 21.8. The van der Waals surface area contributed by atoms with Gasteiger partial charge in [-0.1, -0.05) is 6.08 Å². The maximum Gasteiger partial charge on any atom is 0.272 e. The Hall–Kier alpha value is -2.50. The fourth-order valence-electron chi connectivity index (χ4n) is 1.29. The van der Waals surface area contributed by atoms with Gasteiger partial charge in [-0.15, -0.1) is 0 Å². The van der Waals surface area contributed by atoms with Crippen LogP contribution in [0.1, 0.15) is 22.8 Å². The van der Waals surface area contributed by atoms with E-state index in [1.807, 2.05) is 6.92 Å². The molecule has 0 atom stereocenters. The van der Waals surface area contributed by atoms with E-state index in [4.69, 9.17) is 0 Å². The number of amides is 1. The zero-order valence-electron chi connectivity index (χ0n) is 10.1. The third-order valence-corrected chi connectivity index (χ3v) is 2.17. The summed E-state index contributed by atoms with van der Waals surface area (Å²) in [7, 11) is 0. The number of nitrogens with zero attached hydrogens (tertiary/aromatic N) is 2. The molecule has 0 unspecified atom stereocenters. The monoisotopic (exact) mass is 247 g/mol. The molecule has 1 aromatic rings. The number of allylic oxidation sites excluding steroid dienone is 2. The van der Waals surface area contributed by atoms with Crippen LogP contribution < -0.4 is 5.43 Å². The molecule has 1 amide bonds. The van der Waals surface area contributed by atoms with Crippen LogP contribution in [0.2, 0.25) is 0 Å². The number of nitro benzene ring substituents is 1. The second kappa shape index (κ2) is 6.29. The van der Waals surface area contributed by atoms with Crippen LogP contribution >= 0.6 is 0 Å². The maximum absolute atomic E-state index is 11.6. The molecule has 1 aromatic carbocycles. The molecule has 0 saturated carbocycles. The molecule has 0 heterocycles. The molecular weight excluding hydrogens is 234 g/mol. The van der Waals surface area contributed by atoms with Crippen molar-refractivity contribution in [3.8, 4) is 0 Å². The largest absolute Gasteiger partial charge is 0.272 e. The van der Waals surface area contributed by atoms with Crippen LogP contribution in [0.5, 0.6) is 0 Å². The molecule has 18 heavy (non-hydrogen) atoms. The molecule has 1 rings (SSSR count). The first-order valence-corrected chi connectivity index (χ1v) is 5.26. The van der Waals surface area contributed by atoms with Gasteiger partial charge in [0.15, 0.2) is 0 Å². The van der Waals surface area contributed by atoms with E-state index < -0.39 is 10.8 Å². The first-order valence-electron chi connectivity index (χ1n) is 5.26. The third kappa shape index (κ3) is 3.51. The van der Waals surface area contributed by atoms with E-state index in [1.165, 1.54) is 24.4 Å². The maximum atomic E-state index is 11.6. The van der Waals surface area contributed by atoms with Crippen LogP contribution in [0.15, 0.2) is 35.5 Å². The van der Waals surface area contributed by atoms with Crippen molar-refractivity contribution in [2.75, 3.05) is 0 Å². The van der Waals surface area contributed by atoms with Crippen molar-refractivity contribution in [3.63, 3.8) is 0 Å². The Kier molecular flexibility index (Phi) is 4.74. The Balaban J connectivity index is 2.82. The van der Waals surface area contributed by atoms with Crippen molar-refractivity contribution in [1.29, 1.82) is 0 Å². The number of rotatable bonds is 4. The number of nitrogens with one attached hydrogen (secondary N) is 1. The topological polar surface area (TPSA) is 84.6 Å². The number of benzene rings is 1. The predicted molar refractivity (Wildman–Crippen MR) is 68.6 cm³/mol. The average molecular weight is 247 g/mol. The average Bonchev–Trinajstić information content (AvgIpc) is 2.33. The molecule has 6 nitrogen and oxygen atoms in total. The number of aryl methyl sites for hydroxylation is 1. The normalized spacial score (nSPS) is 11.0. The number of hydrazone groups is 1. The molecular formula is C12H13N3O3. The van der Waals surface area contributed by atoms with Crippen molar-refractivity contribution >= 4 is 17.8 Å². The highest BCUT2D eigenvalue weighted by Gasteiger charge is 2.13. The van der Waals surface area contributed by atoms with Gasteiger partial charge >= 0.3 is 0 Å². The summed E-state index contributed by atoms with van der Waals surface area (Å²) in [5.74, 6) is -0.409. The Morgan fingerprint density at radius 1 is 1.50 bits per heavy atom. The van der Waals surface area contributed by atoms with Crippen LogP contribution in [0, 0.1) is 17.0 Å². The first-order chi connectivity index (χ1) is 8.56. The van der Waals surface area contributed by atoms with Crippen molar-refractivity contribution in [2.24, 2.45) is 5.10 Å². The Morgan fingerprint density at radius 3 is 2.78 bits per heavy atom. The molecule has 0 fully saturated rings. The highest BCUT2D eigenvalue weighted by molar-refractivity contribution is 5.95. The standard InChI is InChI=1S/C12H13N3O3/c1-3-4-7-13-14-12(16)10-5-6-11(15(17)18)9(2)8-10/h3-8H,1-2H3,(H,14,16). The fraction of sp³-hybridized carbons (Fsp3) is 0.167. The van der Waals surface area contributed by atoms with E-state index >= 15 is 0 Å². The molecule has 0 saturated heterocycles. The minimum atomic E-state index is -0.485. The molecule has 0 bridgehead atoms. The second-order valence-corrected chi connectivity index (χ2v) is 3.50. The van der Waals surface area contributed by atoms with Crippen LogP contribution in [0.3, 0.4) is 0 Å². The first kappa shape index (κ1) is 13.6. The molecule has 1 N–H and O–H groups in total. The summed E-state index contributed by atoms with van der Waals surface area (Å²) in [5, 5.41) is 14.3. The van der Waals surface area contributed by atoms with E-state index in [0.717, 1.165) is 0 Å². The van der Waals surface area contributed by atoms with Gasteiger partial charge in [-0.2, -0.15) is 5.10 Å². The predicted octanol–water partition coefficient (Wildman–Crippen LogP) is 2.19. The lowest BCUT2D eigenvalue weighted by Gasteiger charge is -2.01. The molecule has 94 valence electrons. The minimum absolute atomic E-state index is 0.0102. The highest BCUT2D eigenvalue weighted by atomic mass is 16.6. The van der Waals surface area contributed by atoms with Crippen molar-refractivity contribution in [3.05, 3.63) is 51.6 Å². The summed E-state index contributed by atoms with van der Waals surface area (Å²) in [6, 6.07) is 4.16. The lowest BCUT2D eigenvalue weighted by molar-refractivity contribution is -0.385. The van der Waals surface area contributed by atoms with Crippen molar-refractivity contribution < 1.29 is 9.72 Å². The van der Waals surface area contributed by atoms with Gasteiger partial charge in [0.25, 0.3) is 11.6 Å². The van der Waals surface area contributed by atoms with Crippen molar-refractivity contribution in [2.45, 2.75) is 13.8 Å². The molecule has 0 spiro atoms. The number of carbonyl (C=O) groups is 1. The summed E-state index contributed by atoms with van der Waals surface area (Å²) in [6.45, 7) is 3.41. The van der Waals surface area contributed by atoms with Crippen molar-refractivity contribution in [1.82, 2.24) is 5.43 Å². The van der Waals surface area contributed by atoms with E-state index in [0.29, 0.717) is 11.1 Å². The SMILES string of the molecule is CC=CC=NNC(=O)c1ccc([N+](=O)[O-])c(C)c1. The molecule has 0 aliphatic rings. The Bertz CT molecular complexity index is 521. The Labute approximate surface area is 104 Å². The van der Waals surface area contributed by atoms with E-state index in [9.17, 15) is 14.9 Å². The van der Waals surface area contributed by atoms with Gasteiger partial charge in [0.05, 0.1) is 4.92 Å². The van der Waals surface area contributed by atoms with Gasteiger partial charge in [0.2, 0.25) is 0 Å². The lowest BCUT2D eigenvalue weighted by atomic mass is 10.1. The smallest absolute Gasteiger partial charge is 0.267 e. The number of hydrogen-bond acceptors (Lipinski definition) is 4. The molecule has 6 heteroatoms. The van der Waals surface area contributed by atoms with Gasteiger partial charge < -0.3 is 0 Å². The number of nitro groups is 1. The van der Waals surface area contributed by atoms with Crippen LogP contribution in [0.4, 0.5) is 5.69 Å². The minimum Gasteiger partial charge on any atom is -0.267 e. The molecule has 0 radical (unpaired) electrons. The van der Waals surface area contributed by atoms with E-state index in [2.05, 4.69) is 10.5 Å². The summed E-state index contributed by atoms with van der Waals surface area (Å²) >= 11 is 0. The second-order valence-electron chi connectivity index (χ2n) is 3.50. The molecule has 0 aliphatic heterocycles. The van der Waals surface area contributed by atoms with Gasteiger partial charge in [-0.05, 0) is 32.1 Å². The molecule has 0 aromatic heterocycles. The van der Waals surface area contributed by atoms with Gasteiger partial charge in [0.1, 0.15) is 0 Å². The number of carbonyl (C=O) groups excluding carboxylic acids is 1. The Morgan fingerprint density at radius 2 is 2.22 bits per heavy atom. The summed E-state index contributed by atoms with van der Waals surface area (Å²) in [6.07, 6.45) is 4.88. The van der Waals surface area contributed by atoms with Crippen LogP contribution in [-0.2, 0) is 0 Å². The van der Waals surface area contributed by atoms with Gasteiger partial charge in [-0.25, -0.2) is 5.43 Å². The summed E-state index contributed by atoms with van der Waals surface area (Å²) < 4.78 is 0. The quantitative estimate of drug-likeness (QED) is 0.502. The van der Waals surface area contributed by atoms with E-state index in [-0.39, 0.29) is 5.69 Å². The van der Waals surface area contributed by atoms with Gasteiger partial charge in [-0.3, -0.25) is 14.9 Å². The van der Waals surface area contributed by atoms with Crippen LogP contribution in [0.25, 0.3) is 0 Å². The lowest BCUT2D eigenvalue weighted by Crippen LogP contribution is -2.17. The zero-order chi connectivity index (χ0) is 13.5. The third-order valence-electron chi connectivity index (χ3n) is 2.17. The van der Waals surface area contributed by atoms with Gasteiger partial charge in [0, 0.05) is 23.4 Å². The summed E-state index contributed by atoms with van der Waals surface area (Å²) in [5.41, 5.74) is 3.07. The highest BCUT2D eigenvalue weighted by Crippen LogP contribution is 2.18. The number of hydrogen-bond donors (Lipinski definition) is 1.